The van der Waals surface area contributed by atoms with Crippen LogP contribution in [0.1, 0.15) is 38.2 Å². The number of rotatable bonds is 6. The van der Waals surface area contributed by atoms with Crippen LogP contribution < -0.4 is 5.32 Å². The molecule has 0 aliphatic carbocycles. The molecule has 7 heteroatoms. The maximum Gasteiger partial charge on any atom is 0.230 e. The van der Waals surface area contributed by atoms with Crippen LogP contribution in [0.15, 0.2) is 18.2 Å². The standard InChI is InChI=1S/C20H27F2N3O2/c1-2-23-17(26)7-11-24-12-9-20(14-24)8-4-10-25(19(20)27)13-15-5-3-6-16(21)18(15)22/h3,5-6H,2,4,7-14H2,1H3,(H,23,26)/t20-/m1/s1. The van der Waals surface area contributed by atoms with Crippen LogP contribution in [0.2, 0.25) is 0 Å². The Morgan fingerprint density at radius 2 is 2.07 bits per heavy atom. The normalized spacial score (nSPS) is 23.2. The lowest BCUT2D eigenvalue weighted by atomic mass is 9.78. The SMILES string of the molecule is CCNC(=O)CCN1CC[C@]2(CCCN(Cc3cccc(F)c3F)C2=O)C1. The molecule has 2 heterocycles. The Morgan fingerprint density at radius 3 is 2.85 bits per heavy atom. The largest absolute Gasteiger partial charge is 0.356 e. The third-order valence-corrected chi connectivity index (χ3v) is 5.68. The van der Waals surface area contributed by atoms with E-state index in [4.69, 9.17) is 0 Å². The Morgan fingerprint density at radius 1 is 1.26 bits per heavy atom. The number of halogens is 2. The fraction of sp³-hybridized carbons (Fsp3) is 0.600. The number of likely N-dealkylation sites (tertiary alicyclic amines) is 2. The summed E-state index contributed by atoms with van der Waals surface area (Å²) in [7, 11) is 0. The van der Waals surface area contributed by atoms with E-state index in [-0.39, 0.29) is 23.9 Å². The fourth-order valence-corrected chi connectivity index (χ4v) is 4.25. The second-order valence-corrected chi connectivity index (χ2v) is 7.55. The van der Waals surface area contributed by atoms with Gasteiger partial charge in [0.25, 0.3) is 0 Å². The monoisotopic (exact) mass is 379 g/mol. The van der Waals surface area contributed by atoms with Crippen molar-refractivity contribution in [2.24, 2.45) is 5.41 Å². The van der Waals surface area contributed by atoms with E-state index in [0.717, 1.165) is 31.9 Å². The van der Waals surface area contributed by atoms with E-state index in [2.05, 4.69) is 10.2 Å². The van der Waals surface area contributed by atoms with Gasteiger partial charge < -0.3 is 15.1 Å². The summed E-state index contributed by atoms with van der Waals surface area (Å²) >= 11 is 0. The number of benzene rings is 1. The molecular weight excluding hydrogens is 352 g/mol. The van der Waals surface area contributed by atoms with E-state index >= 15 is 0 Å². The second-order valence-electron chi connectivity index (χ2n) is 7.55. The predicted molar refractivity (Wildman–Crippen MR) is 97.8 cm³/mol. The zero-order valence-electron chi connectivity index (χ0n) is 15.8. The lowest BCUT2D eigenvalue weighted by Gasteiger charge is -2.39. The third kappa shape index (κ3) is 4.29. The molecule has 2 saturated heterocycles. The quantitative estimate of drug-likeness (QED) is 0.825. The number of amides is 2. The van der Waals surface area contributed by atoms with E-state index in [1.807, 2.05) is 6.92 Å². The summed E-state index contributed by atoms with van der Waals surface area (Å²) in [5.74, 6) is -1.71. The summed E-state index contributed by atoms with van der Waals surface area (Å²) in [6.45, 7) is 5.23. The number of carbonyl (C=O) groups is 2. The van der Waals surface area contributed by atoms with Gasteiger partial charge in [0, 0.05) is 44.7 Å². The number of hydrogen-bond donors (Lipinski definition) is 1. The Hall–Kier alpha value is -2.02. The molecule has 1 atom stereocenters. The maximum absolute atomic E-state index is 14.0. The van der Waals surface area contributed by atoms with Crippen molar-refractivity contribution in [3.8, 4) is 0 Å². The van der Waals surface area contributed by atoms with Crippen molar-refractivity contribution < 1.29 is 18.4 Å². The minimum atomic E-state index is -0.885. The molecule has 27 heavy (non-hydrogen) atoms. The lowest BCUT2D eigenvalue weighted by molar-refractivity contribution is -0.146. The molecule has 0 aromatic heterocycles. The van der Waals surface area contributed by atoms with E-state index < -0.39 is 17.0 Å². The molecule has 0 radical (unpaired) electrons. The third-order valence-electron chi connectivity index (χ3n) is 5.68. The van der Waals surface area contributed by atoms with Crippen LogP contribution in [0.25, 0.3) is 0 Å². The number of carbonyl (C=O) groups excluding carboxylic acids is 2. The number of hydrogen-bond acceptors (Lipinski definition) is 3. The molecule has 1 aromatic rings. The lowest BCUT2D eigenvalue weighted by Crippen LogP contribution is -2.49. The molecule has 0 bridgehead atoms. The maximum atomic E-state index is 14.0. The molecule has 3 rings (SSSR count). The van der Waals surface area contributed by atoms with Crippen LogP contribution in [0, 0.1) is 17.0 Å². The van der Waals surface area contributed by atoms with Crippen molar-refractivity contribution in [1.29, 1.82) is 0 Å². The molecule has 1 spiro atoms. The van der Waals surface area contributed by atoms with Gasteiger partial charge in [0.2, 0.25) is 11.8 Å². The first-order chi connectivity index (χ1) is 12.9. The summed E-state index contributed by atoms with van der Waals surface area (Å²) in [5, 5.41) is 2.79. The van der Waals surface area contributed by atoms with Gasteiger partial charge in [0.1, 0.15) is 0 Å². The van der Waals surface area contributed by atoms with Crippen LogP contribution >= 0.6 is 0 Å². The van der Waals surface area contributed by atoms with Crippen LogP contribution in [0.4, 0.5) is 8.78 Å². The van der Waals surface area contributed by atoms with Crippen LogP contribution in [0.3, 0.4) is 0 Å². The van der Waals surface area contributed by atoms with E-state index in [0.29, 0.717) is 32.6 Å². The zero-order chi connectivity index (χ0) is 19.4. The zero-order valence-corrected chi connectivity index (χ0v) is 15.8. The topological polar surface area (TPSA) is 52.7 Å². The number of nitrogens with one attached hydrogen (secondary N) is 1. The highest BCUT2D eigenvalue weighted by molar-refractivity contribution is 5.84. The highest BCUT2D eigenvalue weighted by Crippen LogP contribution is 2.40. The summed E-state index contributed by atoms with van der Waals surface area (Å²) in [6.07, 6.45) is 2.85. The van der Waals surface area contributed by atoms with E-state index in [1.54, 1.807) is 4.90 Å². The van der Waals surface area contributed by atoms with Gasteiger partial charge in [-0.1, -0.05) is 12.1 Å². The first-order valence-electron chi connectivity index (χ1n) is 9.66. The summed E-state index contributed by atoms with van der Waals surface area (Å²) in [4.78, 5) is 28.6. The van der Waals surface area contributed by atoms with Crippen LogP contribution in [0.5, 0.6) is 0 Å². The van der Waals surface area contributed by atoms with Gasteiger partial charge in [-0.3, -0.25) is 9.59 Å². The molecule has 2 aliphatic heterocycles. The molecule has 148 valence electrons. The smallest absolute Gasteiger partial charge is 0.230 e. The summed E-state index contributed by atoms with van der Waals surface area (Å²) < 4.78 is 27.5. The highest BCUT2D eigenvalue weighted by Gasteiger charge is 2.48. The van der Waals surface area contributed by atoms with Crippen molar-refractivity contribution in [2.45, 2.75) is 39.2 Å². The van der Waals surface area contributed by atoms with Gasteiger partial charge in [-0.25, -0.2) is 8.78 Å². The van der Waals surface area contributed by atoms with Crippen molar-refractivity contribution in [1.82, 2.24) is 15.1 Å². The average molecular weight is 379 g/mol. The van der Waals surface area contributed by atoms with Crippen molar-refractivity contribution in [3.63, 3.8) is 0 Å². The van der Waals surface area contributed by atoms with Crippen LogP contribution in [-0.4, -0.2) is 54.3 Å². The molecule has 0 saturated carbocycles. The molecule has 2 aliphatic rings. The molecular formula is C20H27F2N3O2. The molecule has 5 nitrogen and oxygen atoms in total. The summed E-state index contributed by atoms with van der Waals surface area (Å²) in [6, 6.07) is 4.08. The first-order valence-corrected chi connectivity index (χ1v) is 9.66. The minimum Gasteiger partial charge on any atom is -0.356 e. The first kappa shape index (κ1) is 19.7. The Kier molecular flexibility index (Phi) is 6.09. The van der Waals surface area contributed by atoms with Crippen molar-refractivity contribution >= 4 is 11.8 Å². The average Bonchev–Trinajstić information content (AvgIpc) is 3.05. The molecule has 1 aromatic carbocycles. The van der Waals surface area contributed by atoms with Crippen molar-refractivity contribution in [3.05, 3.63) is 35.4 Å². The summed E-state index contributed by atoms with van der Waals surface area (Å²) in [5.41, 5.74) is -0.241. The van der Waals surface area contributed by atoms with Gasteiger partial charge >= 0.3 is 0 Å². The van der Waals surface area contributed by atoms with Crippen molar-refractivity contribution in [2.75, 3.05) is 32.7 Å². The van der Waals surface area contributed by atoms with Gasteiger partial charge in [0.05, 0.1) is 5.41 Å². The highest BCUT2D eigenvalue weighted by atomic mass is 19.2. The molecule has 0 unspecified atom stereocenters. The molecule has 2 amide bonds. The van der Waals surface area contributed by atoms with E-state index in [1.165, 1.54) is 12.1 Å². The Bertz CT molecular complexity index is 712. The van der Waals surface area contributed by atoms with Gasteiger partial charge in [0.15, 0.2) is 11.6 Å². The molecule has 1 N–H and O–H groups in total. The Balaban J connectivity index is 1.63. The Labute approximate surface area is 158 Å². The molecule has 2 fully saturated rings. The van der Waals surface area contributed by atoms with Gasteiger partial charge in [-0.2, -0.15) is 0 Å². The van der Waals surface area contributed by atoms with Gasteiger partial charge in [-0.05, 0) is 38.8 Å². The number of nitrogens with zero attached hydrogens (tertiary/aromatic N) is 2. The van der Waals surface area contributed by atoms with Crippen LogP contribution in [-0.2, 0) is 16.1 Å². The number of piperidine rings is 1. The van der Waals surface area contributed by atoms with E-state index in [9.17, 15) is 18.4 Å². The van der Waals surface area contributed by atoms with Gasteiger partial charge in [-0.15, -0.1) is 0 Å². The second kappa shape index (κ2) is 8.33. The minimum absolute atomic E-state index is 0.0247. The predicted octanol–water partition coefficient (Wildman–Crippen LogP) is 2.31. The fourth-order valence-electron chi connectivity index (χ4n) is 4.25.